The summed E-state index contributed by atoms with van der Waals surface area (Å²) >= 11 is 3.56. The molecule has 0 spiro atoms. The van der Waals surface area contributed by atoms with Crippen LogP contribution in [0.25, 0.3) is 0 Å². The van der Waals surface area contributed by atoms with Crippen LogP contribution < -0.4 is 10.2 Å². The molecule has 1 aliphatic rings. The van der Waals surface area contributed by atoms with Crippen molar-refractivity contribution in [2.75, 3.05) is 11.4 Å². The molecule has 5 heteroatoms. The fraction of sp³-hybridized carbons (Fsp3) is 0.467. The Kier molecular flexibility index (Phi) is 4.05. The Bertz CT molecular complexity index is 577. The van der Waals surface area contributed by atoms with Gasteiger partial charge in [-0.2, -0.15) is 5.26 Å². The second-order valence-corrected chi connectivity index (χ2v) is 6.69. The molecule has 4 nitrogen and oxygen atoms in total. The third-order valence-electron chi connectivity index (χ3n) is 3.40. The van der Waals surface area contributed by atoms with Crippen molar-refractivity contribution in [1.29, 1.82) is 5.26 Å². The fourth-order valence-corrected chi connectivity index (χ4v) is 3.24. The third kappa shape index (κ3) is 2.96. The van der Waals surface area contributed by atoms with Crippen LogP contribution in [0.15, 0.2) is 22.7 Å². The monoisotopic (exact) mass is 335 g/mol. The first-order valence-electron chi connectivity index (χ1n) is 6.56. The van der Waals surface area contributed by atoms with Gasteiger partial charge in [0.15, 0.2) is 0 Å². The van der Waals surface area contributed by atoms with Gasteiger partial charge in [-0.25, -0.2) is 0 Å². The highest BCUT2D eigenvalue weighted by Crippen LogP contribution is 2.32. The summed E-state index contributed by atoms with van der Waals surface area (Å²) in [6.07, 6.45) is 0.183. The summed E-state index contributed by atoms with van der Waals surface area (Å²) in [5.74, 6) is -0.0877. The van der Waals surface area contributed by atoms with E-state index in [-0.39, 0.29) is 17.9 Å². The van der Waals surface area contributed by atoms with Gasteiger partial charge in [0.25, 0.3) is 0 Å². The molecular formula is C15H18BrN3O. The number of rotatable bonds is 2. The Morgan fingerprint density at radius 2 is 2.25 bits per heavy atom. The van der Waals surface area contributed by atoms with Gasteiger partial charge in [-0.05, 0) is 54.4 Å². The average molecular weight is 336 g/mol. The van der Waals surface area contributed by atoms with E-state index in [1.807, 2.05) is 43.9 Å². The molecule has 0 aromatic heterocycles. The minimum absolute atomic E-state index is 0.0877. The molecule has 0 bridgehead atoms. The summed E-state index contributed by atoms with van der Waals surface area (Å²) in [5.41, 5.74) is 1.80. The Morgan fingerprint density at radius 1 is 1.55 bits per heavy atom. The topological polar surface area (TPSA) is 56.1 Å². The largest absolute Gasteiger partial charge is 0.355 e. The molecule has 20 heavy (non-hydrogen) atoms. The number of carbonyl (C=O) groups excluding carboxylic acids is 1. The molecule has 1 saturated heterocycles. The van der Waals surface area contributed by atoms with Crippen molar-refractivity contribution < 1.29 is 4.79 Å². The molecule has 106 valence electrons. The fourth-order valence-electron chi connectivity index (χ4n) is 2.52. The van der Waals surface area contributed by atoms with Gasteiger partial charge in [-0.1, -0.05) is 6.07 Å². The highest BCUT2D eigenvalue weighted by molar-refractivity contribution is 9.10. The van der Waals surface area contributed by atoms with Crippen molar-refractivity contribution in [3.63, 3.8) is 0 Å². The van der Waals surface area contributed by atoms with Gasteiger partial charge in [0.2, 0.25) is 5.91 Å². The number of halogens is 1. The van der Waals surface area contributed by atoms with E-state index in [2.05, 4.69) is 27.3 Å². The lowest BCUT2D eigenvalue weighted by Crippen LogP contribution is -2.65. The molecule has 1 N–H and O–H groups in total. The van der Waals surface area contributed by atoms with Crippen molar-refractivity contribution in [3.8, 4) is 6.07 Å². The second-order valence-electron chi connectivity index (χ2n) is 5.83. The number of nitriles is 1. The zero-order valence-corrected chi connectivity index (χ0v) is 13.5. The van der Waals surface area contributed by atoms with E-state index in [1.54, 1.807) is 0 Å². The maximum atomic E-state index is 12.2. The smallest absolute Gasteiger partial charge is 0.244 e. The summed E-state index contributed by atoms with van der Waals surface area (Å²) < 4.78 is 0.950. The van der Waals surface area contributed by atoms with E-state index < -0.39 is 6.04 Å². The highest BCUT2D eigenvalue weighted by atomic mass is 79.9. The quantitative estimate of drug-likeness (QED) is 0.904. The number of hydrogen-bond acceptors (Lipinski definition) is 3. The zero-order chi connectivity index (χ0) is 14.9. The first kappa shape index (κ1) is 14.9. The van der Waals surface area contributed by atoms with Crippen molar-refractivity contribution in [2.45, 2.75) is 38.8 Å². The van der Waals surface area contributed by atoms with Crippen LogP contribution in [-0.2, 0) is 4.79 Å². The summed E-state index contributed by atoms with van der Waals surface area (Å²) in [5, 5.41) is 12.0. The molecule has 1 unspecified atom stereocenters. The molecule has 0 aliphatic carbocycles. The molecule has 1 aliphatic heterocycles. The van der Waals surface area contributed by atoms with Crippen LogP contribution in [-0.4, -0.2) is 24.0 Å². The maximum absolute atomic E-state index is 12.2. The lowest BCUT2D eigenvalue weighted by Gasteiger charge is -2.44. The van der Waals surface area contributed by atoms with Gasteiger partial charge < -0.3 is 10.2 Å². The number of carbonyl (C=O) groups is 1. The average Bonchev–Trinajstić information content (AvgIpc) is 2.32. The van der Waals surface area contributed by atoms with Crippen LogP contribution in [0.4, 0.5) is 5.69 Å². The summed E-state index contributed by atoms with van der Waals surface area (Å²) in [6, 6.07) is 7.71. The van der Waals surface area contributed by atoms with Gasteiger partial charge >= 0.3 is 0 Å². The number of piperazine rings is 1. The molecule has 1 fully saturated rings. The summed E-state index contributed by atoms with van der Waals surface area (Å²) in [6.45, 7) is 6.67. The maximum Gasteiger partial charge on any atom is 0.244 e. The standard InChI is InChI=1S/C15H18BrN3O/c1-10-4-5-12(11(16)8-10)19-9-15(2,3)18-14(20)13(19)6-7-17/h4-5,8,13H,6,9H2,1-3H3,(H,18,20). The molecule has 1 aromatic carbocycles. The van der Waals surface area contributed by atoms with E-state index in [1.165, 1.54) is 0 Å². The van der Waals surface area contributed by atoms with E-state index >= 15 is 0 Å². The Labute approximate surface area is 127 Å². The number of amides is 1. The molecule has 1 aromatic rings. The van der Waals surface area contributed by atoms with Gasteiger partial charge in [0.05, 0.1) is 23.7 Å². The number of benzene rings is 1. The van der Waals surface area contributed by atoms with Gasteiger partial charge in [0.1, 0.15) is 6.04 Å². The van der Waals surface area contributed by atoms with Crippen LogP contribution in [0, 0.1) is 18.3 Å². The van der Waals surface area contributed by atoms with Crippen molar-refractivity contribution in [3.05, 3.63) is 28.2 Å². The number of aryl methyl sites for hydroxylation is 1. The Morgan fingerprint density at radius 3 is 2.85 bits per heavy atom. The Balaban J connectivity index is 2.43. The molecule has 1 heterocycles. The van der Waals surface area contributed by atoms with E-state index in [0.717, 1.165) is 15.7 Å². The van der Waals surface area contributed by atoms with Crippen LogP contribution in [0.3, 0.4) is 0 Å². The molecule has 2 rings (SSSR count). The predicted molar refractivity (Wildman–Crippen MR) is 82.5 cm³/mol. The summed E-state index contributed by atoms with van der Waals surface area (Å²) in [7, 11) is 0. The Hall–Kier alpha value is -1.54. The molecule has 1 amide bonds. The summed E-state index contributed by atoms with van der Waals surface area (Å²) in [4.78, 5) is 14.3. The minimum Gasteiger partial charge on any atom is -0.355 e. The zero-order valence-electron chi connectivity index (χ0n) is 11.9. The normalized spacial score (nSPS) is 21.2. The van der Waals surface area contributed by atoms with E-state index in [0.29, 0.717) is 6.54 Å². The minimum atomic E-state index is -0.438. The number of hydrogen-bond donors (Lipinski definition) is 1. The number of nitrogens with zero attached hydrogens (tertiary/aromatic N) is 2. The highest BCUT2D eigenvalue weighted by Gasteiger charge is 2.38. The first-order valence-corrected chi connectivity index (χ1v) is 7.35. The van der Waals surface area contributed by atoms with Gasteiger partial charge in [-0.3, -0.25) is 4.79 Å². The van der Waals surface area contributed by atoms with Crippen LogP contribution >= 0.6 is 15.9 Å². The van der Waals surface area contributed by atoms with Gasteiger partial charge in [0, 0.05) is 11.0 Å². The number of anilines is 1. The van der Waals surface area contributed by atoms with Crippen LogP contribution in [0.5, 0.6) is 0 Å². The SMILES string of the molecule is Cc1ccc(N2CC(C)(C)NC(=O)C2CC#N)c(Br)c1. The lowest BCUT2D eigenvalue weighted by atomic mass is 9.96. The van der Waals surface area contributed by atoms with E-state index in [9.17, 15) is 4.79 Å². The molecule has 1 atom stereocenters. The molecular weight excluding hydrogens is 318 g/mol. The van der Waals surface area contributed by atoms with Crippen molar-refractivity contribution >= 4 is 27.5 Å². The van der Waals surface area contributed by atoms with E-state index in [4.69, 9.17) is 5.26 Å². The van der Waals surface area contributed by atoms with Gasteiger partial charge in [-0.15, -0.1) is 0 Å². The van der Waals surface area contributed by atoms with Crippen LogP contribution in [0.1, 0.15) is 25.8 Å². The lowest BCUT2D eigenvalue weighted by molar-refractivity contribution is -0.125. The predicted octanol–water partition coefficient (Wildman–Crippen LogP) is 2.75. The first-order chi connectivity index (χ1) is 9.34. The number of nitrogens with one attached hydrogen (secondary N) is 1. The molecule has 0 radical (unpaired) electrons. The third-order valence-corrected chi connectivity index (χ3v) is 4.04. The van der Waals surface area contributed by atoms with Crippen molar-refractivity contribution in [2.24, 2.45) is 0 Å². The second kappa shape index (κ2) is 5.45. The van der Waals surface area contributed by atoms with Crippen molar-refractivity contribution in [1.82, 2.24) is 5.32 Å². The van der Waals surface area contributed by atoms with Crippen LogP contribution in [0.2, 0.25) is 0 Å². The molecule has 0 saturated carbocycles.